The van der Waals surface area contributed by atoms with Crippen LogP contribution in [0.5, 0.6) is 0 Å². The first-order chi connectivity index (χ1) is 8.51. The summed E-state index contributed by atoms with van der Waals surface area (Å²) in [6.45, 7) is 1.76. The van der Waals surface area contributed by atoms with Gasteiger partial charge in [-0.15, -0.1) is 0 Å². The van der Waals surface area contributed by atoms with Crippen LogP contribution in [0.2, 0.25) is 0 Å². The number of halogens is 2. The molecule has 2 aromatic heterocycles. The summed E-state index contributed by atoms with van der Waals surface area (Å²) in [4.78, 5) is 3.70. The van der Waals surface area contributed by atoms with Crippen LogP contribution in [0.3, 0.4) is 0 Å². The SMILES string of the molecule is Cc1nn(C)cc1Nc1nc(NN)c(F)cc1F. The van der Waals surface area contributed by atoms with Gasteiger partial charge in [0.2, 0.25) is 0 Å². The van der Waals surface area contributed by atoms with Crippen LogP contribution in [0.4, 0.5) is 26.1 Å². The number of aromatic nitrogens is 3. The first kappa shape index (κ1) is 12.2. The Morgan fingerprint density at radius 2 is 1.94 bits per heavy atom. The highest BCUT2D eigenvalue weighted by Gasteiger charge is 2.13. The molecule has 6 nitrogen and oxygen atoms in total. The van der Waals surface area contributed by atoms with E-state index in [9.17, 15) is 8.78 Å². The molecule has 0 saturated heterocycles. The Kier molecular flexibility index (Phi) is 3.11. The number of aryl methyl sites for hydroxylation is 2. The zero-order valence-corrected chi connectivity index (χ0v) is 9.83. The Morgan fingerprint density at radius 3 is 2.50 bits per heavy atom. The number of anilines is 3. The number of nitrogens with two attached hydrogens (primary N) is 1. The third kappa shape index (κ3) is 2.23. The Hall–Kier alpha value is -2.22. The summed E-state index contributed by atoms with van der Waals surface area (Å²) in [6, 6.07) is 0.705. The normalized spacial score (nSPS) is 10.5. The van der Waals surface area contributed by atoms with Gasteiger partial charge in [0.15, 0.2) is 23.3 Å². The summed E-state index contributed by atoms with van der Waals surface area (Å²) in [7, 11) is 1.74. The molecular weight excluding hydrogens is 242 g/mol. The fourth-order valence-corrected chi connectivity index (χ4v) is 1.51. The van der Waals surface area contributed by atoms with Crippen molar-refractivity contribution in [1.29, 1.82) is 0 Å². The van der Waals surface area contributed by atoms with Gasteiger partial charge in [0.25, 0.3) is 0 Å². The summed E-state index contributed by atoms with van der Waals surface area (Å²) < 4.78 is 28.3. The second kappa shape index (κ2) is 4.57. The van der Waals surface area contributed by atoms with E-state index in [1.165, 1.54) is 0 Å². The third-order valence-electron chi connectivity index (χ3n) is 2.33. The molecular formula is C10H12F2N6. The van der Waals surface area contributed by atoms with E-state index in [0.717, 1.165) is 0 Å². The lowest BCUT2D eigenvalue weighted by molar-refractivity contribution is 0.579. The van der Waals surface area contributed by atoms with Gasteiger partial charge < -0.3 is 10.7 Å². The van der Waals surface area contributed by atoms with Crippen molar-refractivity contribution in [3.63, 3.8) is 0 Å². The van der Waals surface area contributed by atoms with Crippen molar-refractivity contribution in [1.82, 2.24) is 14.8 Å². The van der Waals surface area contributed by atoms with E-state index in [4.69, 9.17) is 5.84 Å². The molecule has 0 aromatic carbocycles. The van der Waals surface area contributed by atoms with Crippen LogP contribution in [-0.4, -0.2) is 14.8 Å². The number of hydrogen-bond donors (Lipinski definition) is 3. The Labute approximate surface area is 102 Å². The van der Waals surface area contributed by atoms with Crippen LogP contribution in [-0.2, 0) is 7.05 Å². The topological polar surface area (TPSA) is 80.8 Å². The molecule has 0 amide bonds. The molecule has 0 unspecified atom stereocenters. The molecule has 0 bridgehead atoms. The van der Waals surface area contributed by atoms with Gasteiger partial charge in [-0.2, -0.15) is 5.10 Å². The van der Waals surface area contributed by atoms with Gasteiger partial charge in [-0.3, -0.25) is 4.68 Å². The Morgan fingerprint density at radius 1 is 1.28 bits per heavy atom. The standard InChI is InChI=1S/C10H12F2N6/c1-5-8(4-18(2)17-5)14-9-6(11)3-7(12)10(15-9)16-13/h3-4H,13H2,1-2H3,(H2,14,15,16). The second-order valence-electron chi connectivity index (χ2n) is 3.72. The van der Waals surface area contributed by atoms with Crippen LogP contribution >= 0.6 is 0 Å². The van der Waals surface area contributed by atoms with Crippen LogP contribution in [0, 0.1) is 18.6 Å². The molecule has 2 rings (SSSR count). The molecule has 0 fully saturated rings. The summed E-state index contributed by atoms with van der Waals surface area (Å²) in [6.07, 6.45) is 1.66. The lowest BCUT2D eigenvalue weighted by Crippen LogP contribution is -2.12. The maximum Gasteiger partial charge on any atom is 0.178 e. The van der Waals surface area contributed by atoms with E-state index in [0.29, 0.717) is 17.4 Å². The van der Waals surface area contributed by atoms with E-state index >= 15 is 0 Å². The monoisotopic (exact) mass is 254 g/mol. The number of nitrogens with one attached hydrogen (secondary N) is 2. The molecule has 0 aliphatic rings. The quantitative estimate of drug-likeness (QED) is 0.570. The van der Waals surface area contributed by atoms with E-state index in [-0.39, 0.29) is 11.6 Å². The molecule has 0 atom stereocenters. The molecule has 0 aliphatic carbocycles. The summed E-state index contributed by atoms with van der Waals surface area (Å²) in [5.41, 5.74) is 3.31. The maximum absolute atomic E-state index is 13.5. The number of rotatable bonds is 3. The minimum absolute atomic E-state index is 0.125. The molecule has 96 valence electrons. The molecule has 2 heterocycles. The van der Waals surface area contributed by atoms with Gasteiger partial charge in [0.1, 0.15) is 0 Å². The van der Waals surface area contributed by atoms with Crippen LogP contribution < -0.4 is 16.6 Å². The van der Waals surface area contributed by atoms with Crippen molar-refractivity contribution in [2.75, 3.05) is 10.7 Å². The molecule has 0 radical (unpaired) electrons. The molecule has 4 N–H and O–H groups in total. The number of nitrogen functional groups attached to an aromatic ring is 1. The van der Waals surface area contributed by atoms with Crippen molar-refractivity contribution in [3.05, 3.63) is 29.6 Å². The highest BCUT2D eigenvalue weighted by Crippen LogP contribution is 2.23. The lowest BCUT2D eigenvalue weighted by atomic mass is 10.3. The smallest absolute Gasteiger partial charge is 0.178 e. The van der Waals surface area contributed by atoms with E-state index in [1.807, 2.05) is 0 Å². The largest absolute Gasteiger partial charge is 0.335 e. The van der Waals surface area contributed by atoms with E-state index in [2.05, 4.69) is 20.8 Å². The predicted octanol–water partition coefficient (Wildman–Crippen LogP) is 1.43. The van der Waals surface area contributed by atoms with Gasteiger partial charge in [-0.25, -0.2) is 19.6 Å². The highest BCUT2D eigenvalue weighted by atomic mass is 19.1. The van der Waals surface area contributed by atoms with Gasteiger partial charge >= 0.3 is 0 Å². The molecule has 0 spiro atoms. The van der Waals surface area contributed by atoms with Crippen LogP contribution in [0.1, 0.15) is 5.69 Å². The third-order valence-corrected chi connectivity index (χ3v) is 2.33. The lowest BCUT2D eigenvalue weighted by Gasteiger charge is -2.08. The highest BCUT2D eigenvalue weighted by molar-refractivity contribution is 5.60. The molecule has 0 saturated carbocycles. The fourth-order valence-electron chi connectivity index (χ4n) is 1.51. The first-order valence-electron chi connectivity index (χ1n) is 5.11. The van der Waals surface area contributed by atoms with Gasteiger partial charge in [0, 0.05) is 19.3 Å². The summed E-state index contributed by atoms with van der Waals surface area (Å²) in [5.74, 6) is 3.05. The first-order valence-corrected chi connectivity index (χ1v) is 5.11. The fraction of sp³-hybridized carbons (Fsp3) is 0.200. The molecule has 0 aliphatic heterocycles. The average molecular weight is 254 g/mol. The van der Waals surface area contributed by atoms with Gasteiger partial charge in [-0.1, -0.05) is 0 Å². The van der Waals surface area contributed by atoms with E-state index in [1.54, 1.807) is 24.9 Å². The van der Waals surface area contributed by atoms with Gasteiger partial charge in [0.05, 0.1) is 11.4 Å². The number of hydrogen-bond acceptors (Lipinski definition) is 5. The Balaban J connectivity index is 2.37. The average Bonchev–Trinajstić information content (AvgIpc) is 2.61. The van der Waals surface area contributed by atoms with Crippen molar-refractivity contribution < 1.29 is 8.78 Å². The van der Waals surface area contributed by atoms with E-state index < -0.39 is 11.6 Å². The Bertz CT molecular complexity index is 580. The van der Waals surface area contributed by atoms with Crippen molar-refractivity contribution in [3.8, 4) is 0 Å². The number of pyridine rings is 1. The molecule has 18 heavy (non-hydrogen) atoms. The zero-order valence-electron chi connectivity index (χ0n) is 9.83. The summed E-state index contributed by atoms with van der Waals surface area (Å²) >= 11 is 0. The minimum atomic E-state index is -0.858. The van der Waals surface area contributed by atoms with Crippen LogP contribution in [0.25, 0.3) is 0 Å². The molecule has 2 aromatic rings. The maximum atomic E-state index is 13.5. The second-order valence-corrected chi connectivity index (χ2v) is 3.72. The van der Waals surface area contributed by atoms with Crippen molar-refractivity contribution in [2.45, 2.75) is 6.92 Å². The zero-order chi connectivity index (χ0) is 13.3. The van der Waals surface area contributed by atoms with Crippen molar-refractivity contribution >= 4 is 17.3 Å². The summed E-state index contributed by atoms with van der Waals surface area (Å²) in [5, 5.41) is 6.82. The predicted molar refractivity (Wildman–Crippen MR) is 63.2 cm³/mol. The van der Waals surface area contributed by atoms with Crippen molar-refractivity contribution in [2.24, 2.45) is 12.9 Å². The molecule has 8 heteroatoms. The minimum Gasteiger partial charge on any atom is -0.335 e. The number of nitrogens with zero attached hydrogens (tertiary/aromatic N) is 3. The number of hydrazine groups is 1. The van der Waals surface area contributed by atoms with Gasteiger partial charge in [-0.05, 0) is 6.92 Å². The van der Waals surface area contributed by atoms with Crippen LogP contribution in [0.15, 0.2) is 12.3 Å².